The van der Waals surface area contributed by atoms with Gasteiger partial charge in [0.2, 0.25) is 6.20 Å². The van der Waals surface area contributed by atoms with Crippen LogP contribution >= 0.6 is 0 Å². The van der Waals surface area contributed by atoms with Crippen LogP contribution in [0.1, 0.15) is 5.69 Å². The van der Waals surface area contributed by atoms with Crippen molar-refractivity contribution in [1.29, 1.82) is 5.26 Å². The van der Waals surface area contributed by atoms with Gasteiger partial charge in [-0.3, -0.25) is 9.36 Å². The second-order valence-electron chi connectivity index (χ2n) is 7.60. The predicted molar refractivity (Wildman–Crippen MR) is 122 cm³/mol. The maximum atomic E-state index is 14.1. The molecular weight excluding hydrogens is 478 g/mol. The number of alkyl halides is 3. The van der Waals surface area contributed by atoms with E-state index in [0.29, 0.717) is 10.3 Å². The number of benzene rings is 2. The molecule has 4 aromatic rings. The van der Waals surface area contributed by atoms with Crippen molar-refractivity contribution in [3.63, 3.8) is 0 Å². The van der Waals surface area contributed by atoms with E-state index < -0.39 is 23.5 Å². The molecule has 10 heteroatoms. The average Bonchev–Trinajstić information content (AvgIpc) is 2.85. The summed E-state index contributed by atoms with van der Waals surface area (Å²) in [4.78, 5) is 29.1. The number of rotatable bonds is 5. The first-order chi connectivity index (χ1) is 17.2. The normalized spacial score (nSPS) is 11.2. The van der Waals surface area contributed by atoms with Gasteiger partial charge >= 0.3 is 12.1 Å². The smallest absolute Gasteiger partial charge is 0.295 e. The molecular formula is C26H16F4N3O3+. The molecule has 0 N–H and O–H groups in total. The van der Waals surface area contributed by atoms with Crippen LogP contribution in [-0.4, -0.2) is 16.7 Å². The van der Waals surface area contributed by atoms with Crippen molar-refractivity contribution in [3.05, 3.63) is 101 Å². The van der Waals surface area contributed by atoms with E-state index in [1.54, 1.807) is 6.07 Å². The summed E-state index contributed by atoms with van der Waals surface area (Å²) in [6.45, 7) is 3.64. The molecule has 0 saturated heterocycles. The number of hydrogen-bond acceptors (Lipinski definition) is 4. The topological polar surface area (TPSA) is 76.0 Å². The lowest BCUT2D eigenvalue weighted by molar-refractivity contribution is -0.862. The van der Waals surface area contributed by atoms with E-state index in [-0.39, 0.29) is 39.8 Å². The molecule has 2 aromatic carbocycles. The molecule has 0 bridgehead atoms. The van der Waals surface area contributed by atoms with Gasteiger partial charge in [-0.25, -0.2) is 9.18 Å². The first kappa shape index (κ1) is 24.3. The molecule has 36 heavy (non-hydrogen) atoms. The quantitative estimate of drug-likeness (QED) is 0.235. The zero-order valence-corrected chi connectivity index (χ0v) is 18.4. The summed E-state index contributed by atoms with van der Waals surface area (Å²) in [5.41, 5.74) is 0.370. The highest BCUT2D eigenvalue weighted by Gasteiger charge is 2.45. The number of carbonyl (C=O) groups is 1. The van der Waals surface area contributed by atoms with Crippen molar-refractivity contribution in [3.8, 4) is 28.5 Å². The second-order valence-corrected chi connectivity index (χ2v) is 7.60. The van der Waals surface area contributed by atoms with Gasteiger partial charge in [0.1, 0.15) is 17.6 Å². The summed E-state index contributed by atoms with van der Waals surface area (Å²) in [5, 5.41) is 10.4. The molecule has 0 spiro atoms. The number of nitriles is 1. The van der Waals surface area contributed by atoms with Crippen LogP contribution in [-0.2, 0) is 11.3 Å². The van der Waals surface area contributed by atoms with Gasteiger partial charge in [0.25, 0.3) is 11.3 Å². The van der Waals surface area contributed by atoms with Crippen LogP contribution in [0.2, 0.25) is 0 Å². The fourth-order valence-electron chi connectivity index (χ4n) is 3.83. The monoisotopic (exact) mass is 494 g/mol. The molecule has 0 unspecified atom stereocenters. The van der Waals surface area contributed by atoms with Crippen molar-refractivity contribution in [1.82, 2.24) is 4.57 Å². The van der Waals surface area contributed by atoms with Crippen LogP contribution < -0.4 is 15.1 Å². The largest absolute Gasteiger partial charge is 0.498 e. The van der Waals surface area contributed by atoms with Gasteiger partial charge in [0, 0.05) is 34.4 Å². The Morgan fingerprint density at radius 3 is 2.53 bits per heavy atom. The number of allylic oxidation sites excluding steroid dienone is 1. The lowest BCUT2D eigenvalue weighted by Crippen LogP contribution is -2.51. The maximum Gasteiger partial charge on any atom is 0.498 e. The summed E-state index contributed by atoms with van der Waals surface area (Å²) in [7, 11) is 0. The van der Waals surface area contributed by atoms with Crippen LogP contribution in [0.5, 0.6) is 0 Å². The minimum Gasteiger partial charge on any atom is -0.295 e. The summed E-state index contributed by atoms with van der Waals surface area (Å²) in [6, 6.07) is 16.2. The Kier molecular flexibility index (Phi) is 6.40. The van der Waals surface area contributed by atoms with Gasteiger partial charge in [-0.15, -0.1) is 6.58 Å². The fraction of sp³-hybridized carbons (Fsp3) is 0.0769. The molecule has 2 aromatic heterocycles. The van der Waals surface area contributed by atoms with E-state index in [4.69, 9.17) is 0 Å². The first-order valence-corrected chi connectivity index (χ1v) is 10.4. The molecule has 4 rings (SSSR count). The van der Waals surface area contributed by atoms with Gasteiger partial charge < -0.3 is 0 Å². The van der Waals surface area contributed by atoms with E-state index in [1.165, 1.54) is 65.2 Å². The highest BCUT2D eigenvalue weighted by Crippen LogP contribution is 2.33. The minimum absolute atomic E-state index is 0.0216. The minimum atomic E-state index is -5.22. The molecule has 6 nitrogen and oxygen atoms in total. The molecule has 0 amide bonds. The van der Waals surface area contributed by atoms with E-state index >= 15 is 0 Å². The van der Waals surface area contributed by atoms with Crippen molar-refractivity contribution in [2.75, 3.05) is 0 Å². The molecule has 180 valence electrons. The van der Waals surface area contributed by atoms with E-state index in [2.05, 4.69) is 11.4 Å². The maximum absolute atomic E-state index is 14.1. The van der Waals surface area contributed by atoms with Crippen LogP contribution in [0.15, 0.2) is 84.3 Å². The van der Waals surface area contributed by atoms with Gasteiger partial charge in [-0.05, 0) is 47.3 Å². The second kappa shape index (κ2) is 9.46. The number of halogens is 4. The van der Waals surface area contributed by atoms with Crippen molar-refractivity contribution in [2.45, 2.75) is 12.7 Å². The molecule has 2 heterocycles. The van der Waals surface area contributed by atoms with Crippen molar-refractivity contribution >= 4 is 16.7 Å². The Labute approximate surface area is 201 Å². The number of nitrogens with zero attached hydrogens (tertiary/aromatic N) is 3. The molecule has 0 aliphatic carbocycles. The summed E-state index contributed by atoms with van der Waals surface area (Å²) >= 11 is 0. The highest BCUT2D eigenvalue weighted by atomic mass is 19.4. The Morgan fingerprint density at radius 1 is 1.08 bits per heavy atom. The number of aromatic nitrogens is 2. The highest BCUT2D eigenvalue weighted by molar-refractivity contribution is 6.00. The summed E-state index contributed by atoms with van der Waals surface area (Å²) < 4.78 is 54.3. The number of hydrogen-bond donors (Lipinski definition) is 0. The molecule has 0 atom stereocenters. The van der Waals surface area contributed by atoms with Crippen LogP contribution in [0.25, 0.3) is 33.2 Å². The van der Waals surface area contributed by atoms with Gasteiger partial charge in [0.15, 0.2) is 0 Å². The van der Waals surface area contributed by atoms with Crippen LogP contribution in [0.3, 0.4) is 0 Å². The van der Waals surface area contributed by atoms with Gasteiger partial charge in [0.05, 0.1) is 5.56 Å². The van der Waals surface area contributed by atoms with Gasteiger partial charge in [-0.2, -0.15) is 23.3 Å². The van der Waals surface area contributed by atoms with Crippen LogP contribution in [0.4, 0.5) is 17.6 Å². The van der Waals surface area contributed by atoms with Crippen molar-refractivity contribution < 1.29 is 31.9 Å². The summed E-state index contributed by atoms with van der Waals surface area (Å²) in [5.74, 6) is -2.98. The SMILES string of the molecule is C=CCn1c(C#N)c(-c2cccc(F)c2)c2cc(-c3cccc[n+]3OC(=O)C(F)(F)F)ccc2c1=O. The lowest BCUT2D eigenvalue weighted by Gasteiger charge is -2.15. The Morgan fingerprint density at radius 2 is 1.86 bits per heavy atom. The standard InChI is InChI=1S/C26H16F4N3O3/c1-2-11-32-22(15-31)23(17-6-5-7-18(27)13-17)20-14-16(9-10-19(20)24(32)34)21-8-3-4-12-33(21)36-25(35)26(28,29)30/h2-10,12-14H,1,11H2/q+1. The van der Waals surface area contributed by atoms with E-state index in [0.717, 1.165) is 6.20 Å². The third-order valence-corrected chi connectivity index (χ3v) is 5.33. The van der Waals surface area contributed by atoms with Crippen LogP contribution in [0, 0.1) is 17.1 Å². The Bertz CT molecular complexity index is 1620. The van der Waals surface area contributed by atoms with Crippen molar-refractivity contribution in [2.24, 2.45) is 0 Å². The molecule has 0 aliphatic rings. The number of fused-ring (bicyclic) bond motifs is 1. The molecule has 0 fully saturated rings. The predicted octanol–water partition coefficient (Wildman–Crippen LogP) is 4.34. The Balaban J connectivity index is 2.03. The zero-order valence-electron chi connectivity index (χ0n) is 18.4. The van der Waals surface area contributed by atoms with Gasteiger partial charge in [-0.1, -0.05) is 18.2 Å². The lowest BCUT2D eigenvalue weighted by atomic mass is 9.95. The molecule has 0 radical (unpaired) electrons. The third-order valence-electron chi connectivity index (χ3n) is 5.33. The third kappa shape index (κ3) is 4.46. The zero-order chi connectivity index (χ0) is 26.0. The van der Waals surface area contributed by atoms with E-state index in [9.17, 15) is 32.4 Å². The molecule has 0 aliphatic heterocycles. The number of pyridine rings is 2. The molecule has 0 saturated carbocycles. The average molecular weight is 494 g/mol. The van der Waals surface area contributed by atoms with E-state index in [1.807, 2.05) is 6.07 Å². The fourth-order valence-corrected chi connectivity index (χ4v) is 3.83. The Hall–Kier alpha value is -4.78. The summed E-state index contributed by atoms with van der Waals surface area (Å²) in [6.07, 6.45) is -2.65. The number of carbonyl (C=O) groups excluding carboxylic acids is 1. The first-order valence-electron chi connectivity index (χ1n) is 10.4.